The van der Waals surface area contributed by atoms with Crippen LogP contribution in [0.5, 0.6) is 0 Å². The molecule has 0 bridgehead atoms. The molecule has 0 aliphatic carbocycles. The Labute approximate surface area is 138 Å². The van der Waals surface area contributed by atoms with Gasteiger partial charge in [0, 0.05) is 5.92 Å². The van der Waals surface area contributed by atoms with Crippen LogP contribution in [-0.4, -0.2) is 0 Å². The molecule has 0 saturated heterocycles. The summed E-state index contributed by atoms with van der Waals surface area (Å²) in [6.07, 6.45) is 3.77. The molecule has 112 valence electrons. The van der Waals surface area contributed by atoms with Crippen molar-refractivity contribution in [2.75, 3.05) is 0 Å². The molecule has 0 heteroatoms. The highest BCUT2D eigenvalue weighted by Gasteiger charge is 2.16. The molecule has 0 nitrogen and oxygen atoms in total. The SMILES string of the molecule is C=Cc1ccc(C(c2ccccc2)c2ccccc2)cc1C=C. The molecule has 0 heterocycles. The average molecular weight is 296 g/mol. The van der Waals surface area contributed by atoms with Crippen LogP contribution in [-0.2, 0) is 0 Å². The molecular weight excluding hydrogens is 276 g/mol. The molecule has 3 aromatic rings. The van der Waals surface area contributed by atoms with Crippen molar-refractivity contribution in [3.8, 4) is 0 Å². The van der Waals surface area contributed by atoms with Gasteiger partial charge >= 0.3 is 0 Å². The van der Waals surface area contributed by atoms with E-state index in [1.54, 1.807) is 0 Å². The Bertz CT molecular complexity index is 758. The van der Waals surface area contributed by atoms with Gasteiger partial charge in [0.05, 0.1) is 0 Å². The van der Waals surface area contributed by atoms with Gasteiger partial charge in [-0.2, -0.15) is 0 Å². The summed E-state index contributed by atoms with van der Waals surface area (Å²) >= 11 is 0. The zero-order chi connectivity index (χ0) is 16.1. The standard InChI is InChI=1S/C23H20/c1-3-18-15-16-22(17-19(18)4-2)23(20-11-7-5-8-12-20)21-13-9-6-10-14-21/h3-17,23H,1-2H2. The zero-order valence-corrected chi connectivity index (χ0v) is 13.2. The number of benzene rings is 3. The Kier molecular flexibility index (Phi) is 4.54. The third-order valence-electron chi connectivity index (χ3n) is 4.15. The smallest absolute Gasteiger partial charge is 0.0340 e. The second-order valence-electron chi connectivity index (χ2n) is 5.55. The van der Waals surface area contributed by atoms with Gasteiger partial charge in [-0.05, 0) is 27.8 Å². The van der Waals surface area contributed by atoms with Crippen LogP contribution in [0.2, 0.25) is 0 Å². The lowest BCUT2D eigenvalue weighted by atomic mass is 9.84. The van der Waals surface area contributed by atoms with E-state index in [2.05, 4.69) is 92.0 Å². The summed E-state index contributed by atoms with van der Waals surface area (Å²) in [5, 5.41) is 0. The van der Waals surface area contributed by atoms with Gasteiger partial charge in [0.25, 0.3) is 0 Å². The average Bonchev–Trinajstić information content (AvgIpc) is 2.63. The number of hydrogen-bond acceptors (Lipinski definition) is 0. The lowest BCUT2D eigenvalue weighted by Crippen LogP contribution is -2.03. The van der Waals surface area contributed by atoms with Crippen LogP contribution in [0.1, 0.15) is 33.7 Å². The minimum atomic E-state index is 0.218. The lowest BCUT2D eigenvalue weighted by molar-refractivity contribution is 0.976. The minimum Gasteiger partial charge on any atom is -0.0984 e. The molecule has 3 aromatic carbocycles. The molecule has 0 aliphatic heterocycles. The molecule has 0 radical (unpaired) electrons. The van der Waals surface area contributed by atoms with Gasteiger partial charge < -0.3 is 0 Å². The van der Waals surface area contributed by atoms with Crippen molar-refractivity contribution < 1.29 is 0 Å². The van der Waals surface area contributed by atoms with Gasteiger partial charge in [0.2, 0.25) is 0 Å². The van der Waals surface area contributed by atoms with Crippen LogP contribution >= 0.6 is 0 Å². The van der Waals surface area contributed by atoms with Crippen molar-refractivity contribution in [2.24, 2.45) is 0 Å². The largest absolute Gasteiger partial charge is 0.0984 e. The first-order valence-electron chi connectivity index (χ1n) is 7.82. The van der Waals surface area contributed by atoms with Gasteiger partial charge in [-0.3, -0.25) is 0 Å². The van der Waals surface area contributed by atoms with Crippen LogP contribution in [0.4, 0.5) is 0 Å². The minimum absolute atomic E-state index is 0.218. The quantitative estimate of drug-likeness (QED) is 0.495. The van der Waals surface area contributed by atoms with Gasteiger partial charge in [-0.1, -0.05) is 104 Å². The number of hydrogen-bond donors (Lipinski definition) is 0. The first-order valence-corrected chi connectivity index (χ1v) is 7.82. The summed E-state index contributed by atoms with van der Waals surface area (Å²) in [6.45, 7) is 7.82. The van der Waals surface area contributed by atoms with Crippen LogP contribution in [0, 0.1) is 0 Å². The van der Waals surface area contributed by atoms with E-state index in [-0.39, 0.29) is 5.92 Å². The molecule has 0 spiro atoms. The lowest BCUT2D eigenvalue weighted by Gasteiger charge is -2.20. The molecule has 0 aromatic heterocycles. The van der Waals surface area contributed by atoms with E-state index in [1.807, 2.05) is 12.2 Å². The third kappa shape index (κ3) is 3.17. The fraction of sp³-hybridized carbons (Fsp3) is 0.0435. The van der Waals surface area contributed by atoms with E-state index in [1.165, 1.54) is 16.7 Å². The summed E-state index contributed by atoms with van der Waals surface area (Å²) in [6, 6.07) is 27.8. The van der Waals surface area contributed by atoms with Crippen LogP contribution in [0.15, 0.2) is 92.0 Å². The Hall–Kier alpha value is -2.86. The predicted octanol–water partition coefficient (Wildman–Crippen LogP) is 6.15. The fourth-order valence-corrected chi connectivity index (χ4v) is 3.00. The molecule has 0 atom stereocenters. The maximum atomic E-state index is 3.94. The molecule has 3 rings (SSSR count). The topological polar surface area (TPSA) is 0 Å². The van der Waals surface area contributed by atoms with E-state index in [4.69, 9.17) is 0 Å². The van der Waals surface area contributed by atoms with Crippen LogP contribution in [0.25, 0.3) is 12.2 Å². The highest BCUT2D eigenvalue weighted by molar-refractivity contribution is 5.65. The van der Waals surface area contributed by atoms with Crippen LogP contribution < -0.4 is 0 Å². The van der Waals surface area contributed by atoms with Gasteiger partial charge in [-0.25, -0.2) is 0 Å². The summed E-state index contributed by atoms with van der Waals surface area (Å²) in [5.41, 5.74) is 6.08. The van der Waals surface area contributed by atoms with Gasteiger partial charge in [-0.15, -0.1) is 0 Å². The molecule has 0 saturated carbocycles. The summed E-state index contributed by atoms with van der Waals surface area (Å²) in [4.78, 5) is 0. The first-order chi connectivity index (χ1) is 11.3. The van der Waals surface area contributed by atoms with E-state index < -0.39 is 0 Å². The second-order valence-corrected chi connectivity index (χ2v) is 5.55. The van der Waals surface area contributed by atoms with Gasteiger partial charge in [0.1, 0.15) is 0 Å². The molecule has 0 N–H and O–H groups in total. The van der Waals surface area contributed by atoms with E-state index in [0.29, 0.717) is 0 Å². The van der Waals surface area contributed by atoms with Crippen molar-refractivity contribution in [2.45, 2.75) is 5.92 Å². The summed E-state index contributed by atoms with van der Waals surface area (Å²) in [5.74, 6) is 0.218. The first kappa shape index (κ1) is 15.1. The highest BCUT2D eigenvalue weighted by atomic mass is 14.2. The van der Waals surface area contributed by atoms with E-state index in [0.717, 1.165) is 11.1 Å². The third-order valence-corrected chi connectivity index (χ3v) is 4.15. The predicted molar refractivity (Wildman–Crippen MR) is 100 cm³/mol. The van der Waals surface area contributed by atoms with Crippen molar-refractivity contribution >= 4 is 12.2 Å². The second kappa shape index (κ2) is 6.93. The monoisotopic (exact) mass is 296 g/mol. The summed E-state index contributed by atoms with van der Waals surface area (Å²) in [7, 11) is 0. The van der Waals surface area contributed by atoms with E-state index >= 15 is 0 Å². The maximum Gasteiger partial charge on any atom is 0.0340 e. The van der Waals surface area contributed by atoms with Crippen molar-refractivity contribution in [3.05, 3.63) is 120 Å². The van der Waals surface area contributed by atoms with Crippen molar-refractivity contribution in [3.63, 3.8) is 0 Å². The fourth-order valence-electron chi connectivity index (χ4n) is 3.00. The molecule has 23 heavy (non-hydrogen) atoms. The Balaban J connectivity index is 2.16. The highest BCUT2D eigenvalue weighted by Crippen LogP contribution is 2.33. The normalized spacial score (nSPS) is 10.5. The summed E-state index contributed by atoms with van der Waals surface area (Å²) < 4.78 is 0. The van der Waals surface area contributed by atoms with E-state index in [9.17, 15) is 0 Å². The molecule has 0 aliphatic rings. The van der Waals surface area contributed by atoms with Crippen molar-refractivity contribution in [1.82, 2.24) is 0 Å². The zero-order valence-electron chi connectivity index (χ0n) is 13.2. The molecule has 0 unspecified atom stereocenters. The van der Waals surface area contributed by atoms with Crippen molar-refractivity contribution in [1.29, 1.82) is 0 Å². The molecule has 0 amide bonds. The maximum absolute atomic E-state index is 3.94. The van der Waals surface area contributed by atoms with Crippen LogP contribution in [0.3, 0.4) is 0 Å². The Morgan fingerprint density at radius 1 is 0.565 bits per heavy atom. The molecular formula is C23H20. The Morgan fingerprint density at radius 2 is 1.09 bits per heavy atom. The Morgan fingerprint density at radius 3 is 1.57 bits per heavy atom. The molecule has 0 fully saturated rings. The number of rotatable bonds is 5. The van der Waals surface area contributed by atoms with Gasteiger partial charge in [0.15, 0.2) is 0 Å².